The van der Waals surface area contributed by atoms with Crippen LogP contribution in [0.25, 0.3) is 11.3 Å². The minimum absolute atomic E-state index is 0.127. The number of carbonyl (C=O) groups excluding carboxylic acids is 1. The van der Waals surface area contributed by atoms with Crippen LogP contribution < -0.4 is 10.2 Å². The van der Waals surface area contributed by atoms with Gasteiger partial charge in [0.25, 0.3) is 0 Å². The molecule has 1 aliphatic heterocycles. The normalized spacial score (nSPS) is 14.9. The lowest BCUT2D eigenvalue weighted by atomic mass is 9.96. The molecule has 3 rings (SSSR count). The average molecular weight is 381 g/mol. The standard InChI is InChI=1S/C23H32N4O/c1-3-4-5-6-14-24-23(28)19-12-15-27(16-13-19)22-11-10-21(25-26-22)20-9-7-8-18(2)17-20/h7-11,17,19H,3-6,12-16H2,1-2H3,(H,24,28). The Morgan fingerprint density at radius 1 is 1.11 bits per heavy atom. The quantitative estimate of drug-likeness (QED) is 0.691. The minimum Gasteiger partial charge on any atom is -0.356 e. The van der Waals surface area contributed by atoms with Crippen molar-refractivity contribution in [2.24, 2.45) is 5.92 Å². The molecule has 2 heterocycles. The van der Waals surface area contributed by atoms with Crippen LogP contribution >= 0.6 is 0 Å². The highest BCUT2D eigenvalue weighted by Crippen LogP contribution is 2.24. The van der Waals surface area contributed by atoms with E-state index >= 15 is 0 Å². The lowest BCUT2D eigenvalue weighted by Crippen LogP contribution is -2.41. The first-order chi connectivity index (χ1) is 13.7. The molecule has 28 heavy (non-hydrogen) atoms. The first kappa shape index (κ1) is 20.3. The van der Waals surface area contributed by atoms with Gasteiger partial charge in [-0.25, -0.2) is 0 Å². The highest BCUT2D eigenvalue weighted by Gasteiger charge is 2.25. The highest BCUT2D eigenvalue weighted by molar-refractivity contribution is 5.78. The van der Waals surface area contributed by atoms with Gasteiger partial charge in [0.2, 0.25) is 5.91 Å². The molecule has 1 N–H and O–H groups in total. The number of benzene rings is 1. The van der Waals surface area contributed by atoms with Crippen LogP contribution in [0.15, 0.2) is 36.4 Å². The van der Waals surface area contributed by atoms with Crippen LogP contribution in [0, 0.1) is 12.8 Å². The second-order valence-corrected chi connectivity index (χ2v) is 7.76. The van der Waals surface area contributed by atoms with Gasteiger partial charge in [-0.05, 0) is 44.4 Å². The fourth-order valence-corrected chi connectivity index (χ4v) is 3.73. The van der Waals surface area contributed by atoms with Gasteiger partial charge < -0.3 is 10.2 Å². The van der Waals surface area contributed by atoms with E-state index < -0.39 is 0 Å². The van der Waals surface area contributed by atoms with E-state index in [2.05, 4.69) is 52.5 Å². The fraction of sp³-hybridized carbons (Fsp3) is 0.522. The van der Waals surface area contributed by atoms with E-state index in [9.17, 15) is 4.79 Å². The van der Waals surface area contributed by atoms with Crippen molar-refractivity contribution in [1.82, 2.24) is 15.5 Å². The maximum atomic E-state index is 12.3. The fourth-order valence-electron chi connectivity index (χ4n) is 3.73. The van der Waals surface area contributed by atoms with E-state index in [0.29, 0.717) is 0 Å². The lowest BCUT2D eigenvalue weighted by molar-refractivity contribution is -0.125. The van der Waals surface area contributed by atoms with Gasteiger partial charge in [-0.1, -0.05) is 49.9 Å². The van der Waals surface area contributed by atoms with Crippen molar-refractivity contribution in [3.05, 3.63) is 42.0 Å². The van der Waals surface area contributed by atoms with E-state index in [0.717, 1.165) is 56.0 Å². The summed E-state index contributed by atoms with van der Waals surface area (Å²) < 4.78 is 0. The molecule has 1 fully saturated rings. The zero-order valence-corrected chi connectivity index (χ0v) is 17.2. The van der Waals surface area contributed by atoms with Gasteiger partial charge in [0.15, 0.2) is 5.82 Å². The first-order valence-electron chi connectivity index (χ1n) is 10.6. The van der Waals surface area contributed by atoms with Crippen LogP contribution in [0.1, 0.15) is 51.0 Å². The molecule has 0 saturated carbocycles. The number of aromatic nitrogens is 2. The smallest absolute Gasteiger partial charge is 0.223 e. The largest absolute Gasteiger partial charge is 0.356 e. The van der Waals surface area contributed by atoms with Crippen molar-refractivity contribution in [3.8, 4) is 11.3 Å². The molecule has 1 aliphatic rings. The summed E-state index contributed by atoms with van der Waals surface area (Å²) in [5.74, 6) is 1.24. The molecule has 5 nitrogen and oxygen atoms in total. The van der Waals surface area contributed by atoms with Crippen LogP contribution in [0.4, 0.5) is 5.82 Å². The Kier molecular flexibility index (Phi) is 7.40. The second-order valence-electron chi connectivity index (χ2n) is 7.76. The third-order valence-electron chi connectivity index (χ3n) is 5.48. The Balaban J connectivity index is 1.47. The number of carbonyl (C=O) groups is 1. The zero-order chi connectivity index (χ0) is 19.8. The number of rotatable bonds is 8. The number of amides is 1. The molecule has 1 amide bonds. The lowest BCUT2D eigenvalue weighted by Gasteiger charge is -2.31. The molecule has 0 unspecified atom stereocenters. The molecule has 0 bridgehead atoms. The summed E-state index contributed by atoms with van der Waals surface area (Å²) in [4.78, 5) is 14.6. The van der Waals surface area contributed by atoms with Crippen molar-refractivity contribution in [2.45, 2.75) is 52.4 Å². The van der Waals surface area contributed by atoms with Crippen LogP contribution in [0.2, 0.25) is 0 Å². The van der Waals surface area contributed by atoms with Crippen molar-refractivity contribution in [2.75, 3.05) is 24.5 Å². The van der Waals surface area contributed by atoms with Gasteiger partial charge in [0.05, 0.1) is 5.69 Å². The summed E-state index contributed by atoms with van der Waals surface area (Å²) in [5, 5.41) is 12.0. The molecular weight excluding hydrogens is 348 g/mol. The SMILES string of the molecule is CCCCCCNC(=O)C1CCN(c2ccc(-c3cccc(C)c3)nn2)CC1. The number of aryl methyl sites for hydroxylation is 1. The third kappa shape index (κ3) is 5.54. The maximum absolute atomic E-state index is 12.3. The molecule has 150 valence electrons. The summed E-state index contributed by atoms with van der Waals surface area (Å²) >= 11 is 0. The highest BCUT2D eigenvalue weighted by atomic mass is 16.1. The molecule has 5 heteroatoms. The van der Waals surface area contributed by atoms with Crippen LogP contribution in [0.5, 0.6) is 0 Å². The summed E-state index contributed by atoms with van der Waals surface area (Å²) in [5.41, 5.74) is 3.20. The van der Waals surface area contributed by atoms with Gasteiger partial charge in [0, 0.05) is 31.1 Å². The molecule has 1 aromatic heterocycles. The predicted octanol–water partition coefficient (Wildman–Crippen LogP) is 4.36. The van der Waals surface area contributed by atoms with E-state index in [1.807, 2.05) is 18.2 Å². The van der Waals surface area contributed by atoms with E-state index in [4.69, 9.17) is 0 Å². The van der Waals surface area contributed by atoms with E-state index in [1.54, 1.807) is 0 Å². The van der Waals surface area contributed by atoms with Crippen LogP contribution in [-0.4, -0.2) is 35.7 Å². The third-order valence-corrected chi connectivity index (χ3v) is 5.48. The molecule has 1 saturated heterocycles. The molecule has 0 aliphatic carbocycles. The summed E-state index contributed by atoms with van der Waals surface area (Å²) in [7, 11) is 0. The second kappa shape index (κ2) is 10.2. The predicted molar refractivity (Wildman–Crippen MR) is 114 cm³/mol. The number of anilines is 1. The van der Waals surface area contributed by atoms with Crippen molar-refractivity contribution in [1.29, 1.82) is 0 Å². The number of unbranched alkanes of at least 4 members (excludes halogenated alkanes) is 3. The Bertz CT molecular complexity index is 751. The van der Waals surface area contributed by atoms with Crippen molar-refractivity contribution >= 4 is 11.7 Å². The Labute approximate surface area is 168 Å². The van der Waals surface area contributed by atoms with Gasteiger partial charge in [-0.15, -0.1) is 10.2 Å². The van der Waals surface area contributed by atoms with Gasteiger partial charge >= 0.3 is 0 Å². The maximum Gasteiger partial charge on any atom is 0.223 e. The minimum atomic E-state index is 0.127. The zero-order valence-electron chi connectivity index (χ0n) is 17.2. The van der Waals surface area contributed by atoms with E-state index in [-0.39, 0.29) is 11.8 Å². The molecule has 2 aromatic rings. The number of hydrogen-bond acceptors (Lipinski definition) is 4. The summed E-state index contributed by atoms with van der Waals surface area (Å²) in [6.07, 6.45) is 6.51. The molecule has 0 atom stereocenters. The van der Waals surface area contributed by atoms with Crippen molar-refractivity contribution in [3.63, 3.8) is 0 Å². The van der Waals surface area contributed by atoms with E-state index in [1.165, 1.54) is 24.8 Å². The average Bonchev–Trinajstić information content (AvgIpc) is 2.74. The molecular formula is C23H32N4O. The van der Waals surface area contributed by atoms with Crippen molar-refractivity contribution < 1.29 is 4.79 Å². The number of piperidine rings is 1. The molecule has 0 radical (unpaired) electrons. The summed E-state index contributed by atoms with van der Waals surface area (Å²) in [6.45, 7) is 6.80. The number of nitrogens with zero attached hydrogens (tertiary/aromatic N) is 3. The van der Waals surface area contributed by atoms with Gasteiger partial charge in [-0.2, -0.15) is 0 Å². The monoisotopic (exact) mass is 380 g/mol. The number of hydrogen-bond donors (Lipinski definition) is 1. The summed E-state index contributed by atoms with van der Waals surface area (Å²) in [6, 6.07) is 12.4. The van der Waals surface area contributed by atoms with Gasteiger partial charge in [0.1, 0.15) is 0 Å². The topological polar surface area (TPSA) is 58.1 Å². The van der Waals surface area contributed by atoms with Gasteiger partial charge in [-0.3, -0.25) is 4.79 Å². The number of nitrogens with one attached hydrogen (secondary N) is 1. The Morgan fingerprint density at radius 2 is 1.93 bits per heavy atom. The van der Waals surface area contributed by atoms with Crippen LogP contribution in [-0.2, 0) is 4.79 Å². The first-order valence-corrected chi connectivity index (χ1v) is 10.6. The Morgan fingerprint density at radius 3 is 2.61 bits per heavy atom. The van der Waals surface area contributed by atoms with Crippen LogP contribution in [0.3, 0.4) is 0 Å². The molecule has 1 aromatic carbocycles. The Hall–Kier alpha value is -2.43. The molecule has 0 spiro atoms.